The molecule has 11 heteroatoms. The molecule has 1 aliphatic rings. The number of nitrogens with one attached hydrogen (secondary N) is 1. The molecule has 0 saturated heterocycles. The van der Waals surface area contributed by atoms with Gasteiger partial charge in [-0.25, -0.2) is 9.78 Å². The molecular weight excluding hydrogens is 473 g/mol. The molecule has 0 saturated carbocycles. The summed E-state index contributed by atoms with van der Waals surface area (Å²) in [5, 5.41) is 10.5. The molecule has 1 N–H and O–H groups in total. The van der Waals surface area contributed by atoms with Gasteiger partial charge in [0.05, 0.1) is 16.9 Å². The van der Waals surface area contributed by atoms with Crippen molar-refractivity contribution in [3.05, 3.63) is 72.3 Å². The number of carbonyl (C=O) groups excluding carboxylic acids is 1. The van der Waals surface area contributed by atoms with Crippen LogP contribution in [0.15, 0.2) is 71.1 Å². The van der Waals surface area contributed by atoms with E-state index in [1.165, 1.54) is 11.0 Å². The molecule has 0 spiro atoms. The van der Waals surface area contributed by atoms with Gasteiger partial charge in [-0.2, -0.15) is 13.2 Å². The molecule has 0 aliphatic carbocycles. The third kappa shape index (κ3) is 4.72. The summed E-state index contributed by atoms with van der Waals surface area (Å²) in [5.41, 5.74) is 1.23. The van der Waals surface area contributed by atoms with Gasteiger partial charge in [-0.05, 0) is 42.8 Å². The Morgan fingerprint density at radius 3 is 2.53 bits per heavy atom. The van der Waals surface area contributed by atoms with Gasteiger partial charge in [-0.15, -0.1) is 5.10 Å². The second-order valence-corrected chi connectivity index (χ2v) is 8.25. The summed E-state index contributed by atoms with van der Waals surface area (Å²) < 4.78 is 45.3. The maximum Gasteiger partial charge on any atom is 0.416 e. The number of aromatic nitrogens is 3. The van der Waals surface area contributed by atoms with E-state index in [0.717, 1.165) is 12.1 Å². The fraction of sp³-hybridized carbons (Fsp3) is 0.200. The minimum Gasteiger partial charge on any atom is -0.403 e. The smallest absolute Gasteiger partial charge is 0.403 e. The summed E-state index contributed by atoms with van der Waals surface area (Å²) in [6.45, 7) is 1.00. The van der Waals surface area contributed by atoms with E-state index >= 15 is 0 Å². The van der Waals surface area contributed by atoms with Crippen molar-refractivity contribution in [2.45, 2.75) is 12.6 Å². The van der Waals surface area contributed by atoms with Crippen LogP contribution < -0.4 is 15.1 Å². The van der Waals surface area contributed by atoms with Crippen molar-refractivity contribution in [3.8, 4) is 22.7 Å². The fourth-order valence-corrected chi connectivity index (χ4v) is 3.97. The number of amides is 2. The zero-order valence-corrected chi connectivity index (χ0v) is 19.2. The first-order valence-electron chi connectivity index (χ1n) is 11.2. The van der Waals surface area contributed by atoms with Gasteiger partial charge in [0.25, 0.3) is 0 Å². The Balaban J connectivity index is 1.46. The SMILES string of the molecule is CN1CCCN(C(=O)Nc2nnc(-c3ccccc3)o2)c2nc(-c3cccc(C(F)(F)F)c3)ccc21. The van der Waals surface area contributed by atoms with Crippen LogP contribution >= 0.6 is 0 Å². The lowest BCUT2D eigenvalue weighted by atomic mass is 10.1. The summed E-state index contributed by atoms with van der Waals surface area (Å²) in [7, 11) is 1.87. The topological polar surface area (TPSA) is 87.4 Å². The lowest BCUT2D eigenvalue weighted by molar-refractivity contribution is -0.137. The number of anilines is 3. The van der Waals surface area contributed by atoms with Crippen molar-refractivity contribution in [2.24, 2.45) is 0 Å². The highest BCUT2D eigenvalue weighted by Gasteiger charge is 2.31. The highest BCUT2D eigenvalue weighted by atomic mass is 19.4. The zero-order valence-electron chi connectivity index (χ0n) is 19.2. The number of nitrogens with zero attached hydrogens (tertiary/aromatic N) is 5. The van der Waals surface area contributed by atoms with Crippen molar-refractivity contribution >= 4 is 23.6 Å². The predicted molar refractivity (Wildman–Crippen MR) is 129 cm³/mol. The second kappa shape index (κ2) is 9.33. The normalized spacial score (nSPS) is 13.8. The average molecular weight is 494 g/mol. The fourth-order valence-electron chi connectivity index (χ4n) is 3.97. The number of urea groups is 1. The standard InChI is InChI=1S/C25H21F3N6O2/c1-33-13-6-14-34(24(35)30-23-32-31-22(36-23)16-7-3-2-4-8-16)21-20(33)12-11-19(29-21)17-9-5-10-18(15-17)25(26,27)28/h2-5,7-12,15H,6,13-14H2,1H3,(H,30,32,35). The summed E-state index contributed by atoms with van der Waals surface area (Å²) in [6.07, 6.45) is -3.82. The molecule has 0 radical (unpaired) electrons. The third-order valence-electron chi connectivity index (χ3n) is 5.79. The van der Waals surface area contributed by atoms with E-state index < -0.39 is 17.8 Å². The van der Waals surface area contributed by atoms with Crippen LogP contribution in [0, 0.1) is 0 Å². The van der Waals surface area contributed by atoms with Gasteiger partial charge >= 0.3 is 18.2 Å². The van der Waals surface area contributed by atoms with E-state index in [1.807, 2.05) is 30.1 Å². The molecule has 3 heterocycles. The third-order valence-corrected chi connectivity index (χ3v) is 5.79. The number of hydrogen-bond donors (Lipinski definition) is 1. The van der Waals surface area contributed by atoms with Gasteiger partial charge < -0.3 is 9.32 Å². The van der Waals surface area contributed by atoms with E-state index in [9.17, 15) is 18.0 Å². The first-order valence-corrected chi connectivity index (χ1v) is 11.2. The zero-order chi connectivity index (χ0) is 25.3. The van der Waals surface area contributed by atoms with E-state index in [-0.39, 0.29) is 11.9 Å². The first kappa shape index (κ1) is 23.3. The van der Waals surface area contributed by atoms with Crippen molar-refractivity contribution < 1.29 is 22.4 Å². The van der Waals surface area contributed by atoms with E-state index in [4.69, 9.17) is 4.42 Å². The maximum atomic E-state index is 13.2. The Labute approximate surface area is 204 Å². The summed E-state index contributed by atoms with van der Waals surface area (Å²) in [5.74, 6) is 0.581. The van der Waals surface area contributed by atoms with E-state index in [0.29, 0.717) is 47.8 Å². The van der Waals surface area contributed by atoms with Gasteiger partial charge in [-0.1, -0.05) is 35.4 Å². The van der Waals surface area contributed by atoms with Crippen LogP contribution in [0.25, 0.3) is 22.7 Å². The first-order chi connectivity index (χ1) is 17.3. The molecule has 0 fully saturated rings. The molecule has 184 valence electrons. The quantitative estimate of drug-likeness (QED) is 0.393. The molecule has 0 bridgehead atoms. The Morgan fingerprint density at radius 1 is 0.972 bits per heavy atom. The molecule has 1 aliphatic heterocycles. The Morgan fingerprint density at radius 2 is 1.75 bits per heavy atom. The Hall–Kier alpha value is -4.41. The van der Waals surface area contributed by atoms with Crippen LogP contribution in [0.5, 0.6) is 0 Å². The number of rotatable bonds is 3. The van der Waals surface area contributed by atoms with Crippen LogP contribution in [0.1, 0.15) is 12.0 Å². The number of fused-ring (bicyclic) bond motifs is 1. The molecule has 4 aromatic rings. The lowest BCUT2D eigenvalue weighted by Gasteiger charge is -2.23. The number of pyridine rings is 1. The number of benzene rings is 2. The van der Waals surface area contributed by atoms with Gasteiger partial charge in [0.1, 0.15) is 0 Å². The molecule has 2 aromatic carbocycles. The second-order valence-electron chi connectivity index (χ2n) is 8.25. The van der Waals surface area contributed by atoms with Gasteiger partial charge in [0.15, 0.2) is 5.82 Å². The number of halogens is 3. The van der Waals surface area contributed by atoms with Crippen molar-refractivity contribution in [1.29, 1.82) is 0 Å². The number of carbonyl (C=O) groups is 1. The van der Waals surface area contributed by atoms with Crippen molar-refractivity contribution in [1.82, 2.24) is 15.2 Å². The van der Waals surface area contributed by atoms with E-state index in [1.54, 1.807) is 30.3 Å². The number of hydrogen-bond acceptors (Lipinski definition) is 6. The number of alkyl halides is 3. The van der Waals surface area contributed by atoms with Gasteiger partial charge in [0.2, 0.25) is 5.89 Å². The maximum absolute atomic E-state index is 13.2. The summed E-state index contributed by atoms with van der Waals surface area (Å²) in [4.78, 5) is 21.2. The predicted octanol–water partition coefficient (Wildman–Crippen LogP) is 5.70. The molecule has 2 amide bonds. The average Bonchev–Trinajstić information content (AvgIpc) is 3.27. The highest BCUT2D eigenvalue weighted by Crippen LogP contribution is 2.35. The lowest BCUT2D eigenvalue weighted by Crippen LogP contribution is -2.36. The Kier molecular flexibility index (Phi) is 6.05. The van der Waals surface area contributed by atoms with Crippen LogP contribution in [-0.2, 0) is 6.18 Å². The van der Waals surface area contributed by atoms with Gasteiger partial charge in [0, 0.05) is 31.3 Å². The summed E-state index contributed by atoms with van der Waals surface area (Å²) in [6, 6.07) is 16.9. The van der Waals surface area contributed by atoms with Crippen molar-refractivity contribution in [3.63, 3.8) is 0 Å². The van der Waals surface area contributed by atoms with Crippen molar-refractivity contribution in [2.75, 3.05) is 35.3 Å². The van der Waals surface area contributed by atoms with Gasteiger partial charge in [-0.3, -0.25) is 10.2 Å². The van der Waals surface area contributed by atoms with Crippen LogP contribution in [0.3, 0.4) is 0 Å². The molecule has 2 aromatic heterocycles. The molecular formula is C25H21F3N6O2. The molecule has 8 nitrogen and oxygen atoms in total. The molecule has 0 atom stereocenters. The van der Waals surface area contributed by atoms with Crippen LogP contribution in [-0.4, -0.2) is 41.3 Å². The molecule has 36 heavy (non-hydrogen) atoms. The minimum atomic E-state index is -4.48. The highest BCUT2D eigenvalue weighted by molar-refractivity contribution is 6.02. The monoisotopic (exact) mass is 494 g/mol. The van der Waals surface area contributed by atoms with E-state index in [2.05, 4.69) is 20.5 Å². The van der Waals surface area contributed by atoms with Crippen LogP contribution in [0.4, 0.5) is 35.5 Å². The molecule has 0 unspecified atom stereocenters. The molecule has 5 rings (SSSR count). The summed E-state index contributed by atoms with van der Waals surface area (Å²) >= 11 is 0. The van der Waals surface area contributed by atoms with Crippen LogP contribution in [0.2, 0.25) is 0 Å². The Bertz CT molecular complexity index is 1390. The largest absolute Gasteiger partial charge is 0.416 e. The minimum absolute atomic E-state index is 0.0768.